The first kappa shape index (κ1) is 32.2. The predicted octanol–water partition coefficient (Wildman–Crippen LogP) is 3.55. The first-order chi connectivity index (χ1) is 21.5. The Kier molecular flexibility index (Phi) is 11.5. The molecule has 0 spiro atoms. The first-order valence-electron chi connectivity index (χ1n) is 16.7. The van der Waals surface area contributed by atoms with Crippen LogP contribution in [0, 0.1) is 0 Å². The Bertz CT molecular complexity index is 1210. The molecule has 2 aliphatic heterocycles. The van der Waals surface area contributed by atoms with Crippen LogP contribution in [0.15, 0.2) is 24.4 Å². The molecular formula is C33H53N9O2. The molecule has 3 heterocycles. The van der Waals surface area contributed by atoms with Gasteiger partial charge >= 0.3 is 0 Å². The normalized spacial score (nSPS) is 19.7. The van der Waals surface area contributed by atoms with Gasteiger partial charge in [-0.1, -0.05) is 19.8 Å². The minimum absolute atomic E-state index is 0.0879. The van der Waals surface area contributed by atoms with Gasteiger partial charge in [-0.3, -0.25) is 4.79 Å². The topological polar surface area (TPSA) is 101 Å². The molecule has 3 N–H and O–H groups in total. The van der Waals surface area contributed by atoms with Crippen LogP contribution in [-0.2, 0) is 0 Å². The standard InChI is InChI=1S/C33H53N9O2/c1-5-26-24-39(3)29-23-36-33(38-31(29)42(26)27-10-6-7-11-27)37-28-13-12-25(22-30(28)44-4)32(43)35-15-9-17-41-20-18-40(19-21-41)16-8-14-34-2/h12-13,22-23,26-27,34H,5-11,14-21,24H2,1-4H3,(H,35,43)(H,36,37,38)/t26-/m1/s1. The second-order valence-corrected chi connectivity index (χ2v) is 12.5. The number of methoxy groups -OCH3 is 1. The first-order valence-corrected chi connectivity index (χ1v) is 16.7. The predicted molar refractivity (Wildman–Crippen MR) is 179 cm³/mol. The Morgan fingerprint density at radius 1 is 1.05 bits per heavy atom. The highest BCUT2D eigenvalue weighted by Crippen LogP contribution is 2.39. The van der Waals surface area contributed by atoms with Crippen LogP contribution in [0.3, 0.4) is 0 Å². The third-order valence-electron chi connectivity index (χ3n) is 9.49. The average molecular weight is 608 g/mol. The van der Waals surface area contributed by atoms with Crippen LogP contribution in [0.5, 0.6) is 5.75 Å². The molecule has 1 amide bonds. The third kappa shape index (κ3) is 7.92. The lowest BCUT2D eigenvalue weighted by atomic mass is 10.0. The summed E-state index contributed by atoms with van der Waals surface area (Å²) in [6.07, 6.45) is 10.1. The Hall–Kier alpha value is -3.15. The number of anilines is 4. The van der Waals surface area contributed by atoms with Gasteiger partial charge in [-0.25, -0.2) is 4.98 Å². The number of nitrogens with one attached hydrogen (secondary N) is 3. The molecule has 44 heavy (non-hydrogen) atoms. The Morgan fingerprint density at radius 2 is 1.75 bits per heavy atom. The summed E-state index contributed by atoms with van der Waals surface area (Å²) in [6.45, 7) is 11.6. The number of amides is 1. The molecule has 2 aromatic rings. The van der Waals surface area contributed by atoms with Gasteiger partial charge in [-0.2, -0.15) is 4.98 Å². The van der Waals surface area contributed by atoms with E-state index in [2.05, 4.69) is 54.5 Å². The van der Waals surface area contributed by atoms with Gasteiger partial charge in [0.05, 0.1) is 24.7 Å². The molecule has 0 unspecified atom stereocenters. The number of hydrogen-bond acceptors (Lipinski definition) is 10. The summed E-state index contributed by atoms with van der Waals surface area (Å²) in [5, 5.41) is 9.68. The highest BCUT2D eigenvalue weighted by Gasteiger charge is 2.36. The van der Waals surface area contributed by atoms with Gasteiger partial charge in [0.2, 0.25) is 5.95 Å². The molecule has 1 saturated carbocycles. The monoisotopic (exact) mass is 607 g/mol. The minimum atomic E-state index is -0.0879. The van der Waals surface area contributed by atoms with Gasteiger partial charge in [0.25, 0.3) is 5.91 Å². The van der Waals surface area contributed by atoms with Crippen molar-refractivity contribution in [3.63, 3.8) is 0 Å². The van der Waals surface area contributed by atoms with Crippen molar-refractivity contribution < 1.29 is 9.53 Å². The summed E-state index contributed by atoms with van der Waals surface area (Å²) in [5.74, 6) is 2.04. The smallest absolute Gasteiger partial charge is 0.251 e. The van der Waals surface area contributed by atoms with Crippen LogP contribution in [0.4, 0.5) is 23.1 Å². The van der Waals surface area contributed by atoms with E-state index >= 15 is 0 Å². The van der Waals surface area contributed by atoms with Crippen molar-refractivity contribution in [2.45, 2.75) is 64.0 Å². The lowest BCUT2D eigenvalue weighted by Crippen LogP contribution is -2.52. The molecule has 3 aliphatic rings. The fourth-order valence-electron chi connectivity index (χ4n) is 6.92. The summed E-state index contributed by atoms with van der Waals surface area (Å²) in [7, 11) is 5.76. The van der Waals surface area contributed by atoms with E-state index in [0.717, 1.165) is 75.8 Å². The molecule has 1 aliphatic carbocycles. The molecule has 1 aromatic carbocycles. The van der Waals surface area contributed by atoms with Crippen molar-refractivity contribution in [2.24, 2.45) is 0 Å². The van der Waals surface area contributed by atoms with E-state index in [0.29, 0.717) is 35.9 Å². The van der Waals surface area contributed by atoms with Crippen molar-refractivity contribution in [3.8, 4) is 5.75 Å². The zero-order chi connectivity index (χ0) is 30.9. The van der Waals surface area contributed by atoms with Gasteiger partial charge in [-0.05, 0) is 77.0 Å². The summed E-state index contributed by atoms with van der Waals surface area (Å²) < 4.78 is 5.69. The van der Waals surface area contributed by atoms with Crippen LogP contribution >= 0.6 is 0 Å². The van der Waals surface area contributed by atoms with Crippen LogP contribution in [-0.4, -0.2) is 118 Å². The Labute approximate surface area is 263 Å². The fraction of sp³-hybridized carbons (Fsp3) is 0.667. The molecule has 0 radical (unpaired) electrons. The molecule has 5 rings (SSSR count). The van der Waals surface area contributed by atoms with Crippen molar-refractivity contribution in [1.29, 1.82) is 0 Å². The number of rotatable bonds is 14. The zero-order valence-electron chi connectivity index (χ0n) is 27.3. The zero-order valence-corrected chi connectivity index (χ0v) is 27.3. The lowest BCUT2D eigenvalue weighted by Gasteiger charge is -2.45. The SMILES string of the molecule is CC[C@@H]1CN(C)c2cnc(Nc3ccc(C(=O)NCCCN4CCN(CCCNC)CC4)cc3OC)nc2N1C1CCCC1. The van der Waals surface area contributed by atoms with E-state index in [1.165, 1.54) is 38.6 Å². The number of nitrogens with zero attached hydrogens (tertiary/aromatic N) is 6. The molecule has 2 fully saturated rings. The van der Waals surface area contributed by atoms with E-state index in [-0.39, 0.29) is 5.91 Å². The number of ether oxygens (including phenoxy) is 1. The number of fused-ring (bicyclic) bond motifs is 1. The maximum Gasteiger partial charge on any atom is 0.251 e. The number of likely N-dealkylation sites (N-methyl/N-ethyl adjacent to an activating group) is 1. The fourth-order valence-corrected chi connectivity index (χ4v) is 6.92. The maximum atomic E-state index is 13.0. The molecular weight excluding hydrogens is 554 g/mol. The Morgan fingerprint density at radius 3 is 2.41 bits per heavy atom. The van der Waals surface area contributed by atoms with Crippen molar-refractivity contribution in [3.05, 3.63) is 30.0 Å². The van der Waals surface area contributed by atoms with E-state index in [1.54, 1.807) is 13.2 Å². The van der Waals surface area contributed by atoms with Gasteiger partial charge in [-0.15, -0.1) is 0 Å². The molecule has 0 bridgehead atoms. The van der Waals surface area contributed by atoms with Crippen LogP contribution in [0.25, 0.3) is 0 Å². The highest BCUT2D eigenvalue weighted by molar-refractivity contribution is 5.95. The average Bonchev–Trinajstić information content (AvgIpc) is 3.58. The Balaban J connectivity index is 1.15. The van der Waals surface area contributed by atoms with Gasteiger partial charge in [0.15, 0.2) is 5.82 Å². The van der Waals surface area contributed by atoms with Crippen LogP contribution in [0.2, 0.25) is 0 Å². The largest absolute Gasteiger partial charge is 0.495 e. The second kappa shape index (κ2) is 15.7. The third-order valence-corrected chi connectivity index (χ3v) is 9.49. The van der Waals surface area contributed by atoms with E-state index in [1.807, 2.05) is 25.4 Å². The highest BCUT2D eigenvalue weighted by atomic mass is 16.5. The summed E-state index contributed by atoms with van der Waals surface area (Å²) in [5.41, 5.74) is 2.39. The molecule has 1 aromatic heterocycles. The summed E-state index contributed by atoms with van der Waals surface area (Å²) in [6, 6.07) is 6.47. The molecule has 1 atom stereocenters. The van der Waals surface area contributed by atoms with E-state index in [9.17, 15) is 4.79 Å². The summed E-state index contributed by atoms with van der Waals surface area (Å²) in [4.78, 5) is 32.6. The van der Waals surface area contributed by atoms with Gasteiger partial charge in [0.1, 0.15) is 5.75 Å². The quantitative estimate of drug-likeness (QED) is 0.277. The molecule has 242 valence electrons. The molecule has 11 heteroatoms. The number of piperazine rings is 1. The second-order valence-electron chi connectivity index (χ2n) is 12.5. The van der Waals surface area contributed by atoms with Crippen LogP contribution < -0.4 is 30.5 Å². The van der Waals surface area contributed by atoms with E-state index in [4.69, 9.17) is 9.72 Å². The van der Waals surface area contributed by atoms with Gasteiger partial charge < -0.3 is 40.3 Å². The van der Waals surface area contributed by atoms with Crippen molar-refractivity contribution in [1.82, 2.24) is 30.4 Å². The minimum Gasteiger partial charge on any atom is -0.495 e. The number of carbonyl (C=O) groups is 1. The molecule has 1 saturated heterocycles. The van der Waals surface area contributed by atoms with Crippen molar-refractivity contribution >= 4 is 29.0 Å². The molecule has 11 nitrogen and oxygen atoms in total. The van der Waals surface area contributed by atoms with Gasteiger partial charge in [0, 0.05) is 64.0 Å². The number of aromatic nitrogens is 2. The maximum absolute atomic E-state index is 13.0. The number of carbonyl (C=O) groups excluding carboxylic acids is 1. The number of benzene rings is 1. The van der Waals surface area contributed by atoms with E-state index < -0.39 is 0 Å². The summed E-state index contributed by atoms with van der Waals surface area (Å²) >= 11 is 0. The van der Waals surface area contributed by atoms with Crippen molar-refractivity contribution in [2.75, 3.05) is 95.2 Å². The number of hydrogen-bond donors (Lipinski definition) is 3. The lowest BCUT2D eigenvalue weighted by molar-refractivity contribution is 0.0947. The van der Waals surface area contributed by atoms with Crippen LogP contribution in [0.1, 0.15) is 62.2 Å².